The minimum atomic E-state index is -0.891. The van der Waals surface area contributed by atoms with Crippen molar-refractivity contribution in [1.29, 1.82) is 0 Å². The first kappa shape index (κ1) is 17.7. The lowest BCUT2D eigenvalue weighted by Gasteiger charge is -2.23. The van der Waals surface area contributed by atoms with Crippen LogP contribution in [0.4, 0.5) is 0 Å². The summed E-state index contributed by atoms with van der Waals surface area (Å²) in [5.41, 5.74) is 0.0257. The third-order valence-corrected chi connectivity index (χ3v) is 2.32. The van der Waals surface area contributed by atoms with Crippen LogP contribution in [-0.2, 0) is 4.79 Å². The molecule has 0 radical (unpaired) electrons. The molecule has 1 aliphatic rings. The highest BCUT2D eigenvalue weighted by atomic mass is 16.8. The molecule has 0 bridgehead atoms. The molecule has 0 saturated carbocycles. The van der Waals surface area contributed by atoms with Gasteiger partial charge in [0.25, 0.3) is 11.9 Å². The van der Waals surface area contributed by atoms with Gasteiger partial charge in [0, 0.05) is 12.5 Å². The summed E-state index contributed by atoms with van der Waals surface area (Å²) in [5.74, 6) is -1.79. The van der Waals surface area contributed by atoms with Crippen molar-refractivity contribution in [3.05, 3.63) is 23.9 Å². The fraction of sp³-hybridized carbons (Fsp3) is 0.364. The van der Waals surface area contributed by atoms with E-state index in [9.17, 15) is 10.0 Å². The van der Waals surface area contributed by atoms with Gasteiger partial charge in [-0.15, -0.1) is 0 Å². The summed E-state index contributed by atoms with van der Waals surface area (Å²) in [6.45, 7) is 3.23. The third kappa shape index (κ3) is 4.91. The number of rotatable bonds is 2. The second-order valence-corrected chi connectivity index (χ2v) is 4.46. The summed E-state index contributed by atoms with van der Waals surface area (Å²) in [6.07, 6.45) is 3.73. The molecular formula is C11H17N5O6. The maximum atomic E-state index is 11.1. The van der Waals surface area contributed by atoms with Crippen LogP contribution in [0.2, 0.25) is 0 Å². The second kappa shape index (κ2) is 7.63. The van der Waals surface area contributed by atoms with E-state index in [0.717, 1.165) is 0 Å². The van der Waals surface area contributed by atoms with Crippen molar-refractivity contribution in [2.45, 2.75) is 26.3 Å². The first-order chi connectivity index (χ1) is 10.2. The zero-order chi connectivity index (χ0) is 16.9. The Balaban J connectivity index is 3.14. The Bertz CT molecular complexity index is 537. The number of hydrogen-bond donors (Lipinski definition) is 5. The average Bonchev–Trinajstić information content (AvgIpc) is 2.42. The normalized spacial score (nSPS) is 16.0. The van der Waals surface area contributed by atoms with Crippen molar-refractivity contribution in [3.63, 3.8) is 0 Å². The number of hydroxylamine groups is 6. The molecule has 0 heterocycles. The summed E-state index contributed by atoms with van der Waals surface area (Å²) >= 11 is 0. The molecule has 122 valence electrons. The number of nitrogens with zero attached hydrogens (tertiary/aromatic N) is 5. The van der Waals surface area contributed by atoms with E-state index in [2.05, 4.69) is 9.98 Å². The van der Waals surface area contributed by atoms with Crippen LogP contribution in [0.3, 0.4) is 0 Å². The fourth-order valence-electron chi connectivity index (χ4n) is 1.41. The van der Waals surface area contributed by atoms with E-state index in [1.807, 2.05) is 0 Å². The molecule has 11 heteroatoms. The molecule has 0 aromatic carbocycles. The predicted octanol–water partition coefficient (Wildman–Crippen LogP) is 0.372. The third-order valence-electron chi connectivity index (χ3n) is 2.32. The van der Waals surface area contributed by atoms with E-state index in [4.69, 9.17) is 20.8 Å². The van der Waals surface area contributed by atoms with Crippen LogP contribution < -0.4 is 0 Å². The van der Waals surface area contributed by atoms with Gasteiger partial charge in [-0.2, -0.15) is 10.1 Å². The number of hydrogen-bond acceptors (Lipinski definition) is 7. The summed E-state index contributed by atoms with van der Waals surface area (Å²) in [7, 11) is 0. The van der Waals surface area contributed by atoms with E-state index < -0.39 is 28.4 Å². The van der Waals surface area contributed by atoms with Gasteiger partial charge in [0.15, 0.2) is 5.78 Å². The zero-order valence-electron chi connectivity index (χ0n) is 11.9. The molecular weight excluding hydrogens is 298 g/mol. The SMILES string of the molecule is CC(C)/N=C(/N=C(\N(O)O)N(O)C1=CCC(=O)C=C1)N(O)O. The van der Waals surface area contributed by atoms with Crippen molar-refractivity contribution in [3.8, 4) is 0 Å². The highest BCUT2D eigenvalue weighted by molar-refractivity contribution is 5.95. The van der Waals surface area contributed by atoms with Gasteiger partial charge in [0.2, 0.25) is 0 Å². The molecule has 0 spiro atoms. The largest absolute Gasteiger partial charge is 0.295 e. The monoisotopic (exact) mass is 315 g/mol. The lowest BCUT2D eigenvalue weighted by molar-refractivity contribution is -0.261. The van der Waals surface area contributed by atoms with Crippen LogP contribution in [0.25, 0.3) is 0 Å². The first-order valence-electron chi connectivity index (χ1n) is 6.14. The molecule has 11 nitrogen and oxygen atoms in total. The van der Waals surface area contributed by atoms with Gasteiger partial charge in [-0.3, -0.25) is 30.8 Å². The zero-order valence-corrected chi connectivity index (χ0v) is 11.9. The number of ketones is 1. The van der Waals surface area contributed by atoms with Crippen LogP contribution in [0.5, 0.6) is 0 Å². The first-order valence-corrected chi connectivity index (χ1v) is 6.14. The topological polar surface area (TPSA) is 153 Å². The van der Waals surface area contributed by atoms with E-state index in [0.29, 0.717) is 0 Å². The van der Waals surface area contributed by atoms with Gasteiger partial charge in [-0.05, 0) is 26.0 Å². The van der Waals surface area contributed by atoms with Gasteiger partial charge < -0.3 is 0 Å². The van der Waals surface area contributed by atoms with Crippen LogP contribution in [0, 0.1) is 0 Å². The maximum Gasteiger partial charge on any atom is 0.285 e. The molecule has 0 aromatic heterocycles. The van der Waals surface area contributed by atoms with Gasteiger partial charge >= 0.3 is 0 Å². The van der Waals surface area contributed by atoms with E-state index in [-0.39, 0.29) is 23.0 Å². The van der Waals surface area contributed by atoms with Gasteiger partial charge in [-0.1, -0.05) is 16.5 Å². The molecule has 0 unspecified atom stereocenters. The molecule has 0 saturated heterocycles. The molecule has 22 heavy (non-hydrogen) atoms. The lowest BCUT2D eigenvalue weighted by atomic mass is 10.1. The standard InChI is InChI=1S/C11H17N5O6/c1-7(2)12-10(15(19)20)13-11(16(21)22)14(18)8-3-5-9(17)6-4-8/h3-5,7,18-22H,6H2,1-2H3/b12-10-,13-11-. The van der Waals surface area contributed by atoms with Gasteiger partial charge in [-0.25, -0.2) is 4.99 Å². The highest BCUT2D eigenvalue weighted by Gasteiger charge is 2.22. The average molecular weight is 315 g/mol. The number of aliphatic imine (C=N–C) groups is 2. The van der Waals surface area contributed by atoms with E-state index in [1.54, 1.807) is 13.8 Å². The Morgan fingerprint density at radius 3 is 2.18 bits per heavy atom. The van der Waals surface area contributed by atoms with E-state index >= 15 is 0 Å². The quantitative estimate of drug-likeness (QED) is 0.276. The molecule has 0 atom stereocenters. The van der Waals surface area contributed by atoms with Crippen LogP contribution in [0.1, 0.15) is 20.3 Å². The van der Waals surface area contributed by atoms with Gasteiger partial charge in [0.1, 0.15) is 0 Å². The van der Waals surface area contributed by atoms with Crippen molar-refractivity contribution in [2.75, 3.05) is 0 Å². The van der Waals surface area contributed by atoms with Gasteiger partial charge in [0.05, 0.1) is 5.70 Å². The number of carbonyl (C=O) groups is 1. The minimum Gasteiger partial charge on any atom is -0.295 e. The van der Waals surface area contributed by atoms with Crippen LogP contribution >= 0.6 is 0 Å². The molecule has 0 aliphatic heterocycles. The van der Waals surface area contributed by atoms with Crippen molar-refractivity contribution >= 4 is 17.7 Å². The molecule has 1 aliphatic carbocycles. The summed E-state index contributed by atoms with van der Waals surface area (Å²) in [5, 5.41) is 45.5. The molecule has 5 N–H and O–H groups in total. The Labute approximate surface area is 125 Å². The van der Waals surface area contributed by atoms with Crippen LogP contribution in [0.15, 0.2) is 33.9 Å². The van der Waals surface area contributed by atoms with E-state index in [1.165, 1.54) is 18.2 Å². The lowest BCUT2D eigenvalue weighted by Crippen LogP contribution is -2.40. The number of allylic oxidation sites excluding steroid dienone is 3. The fourth-order valence-corrected chi connectivity index (χ4v) is 1.41. The molecule has 0 amide bonds. The van der Waals surface area contributed by atoms with Crippen molar-refractivity contribution in [1.82, 2.24) is 15.5 Å². The van der Waals surface area contributed by atoms with Crippen LogP contribution in [-0.4, -0.2) is 65.3 Å². The maximum absolute atomic E-state index is 11.1. The summed E-state index contributed by atoms with van der Waals surface area (Å²) < 4.78 is 0. The second-order valence-electron chi connectivity index (χ2n) is 4.46. The number of guanidine groups is 2. The Morgan fingerprint density at radius 1 is 1.14 bits per heavy atom. The Morgan fingerprint density at radius 2 is 1.77 bits per heavy atom. The van der Waals surface area contributed by atoms with Crippen molar-refractivity contribution < 1.29 is 30.8 Å². The molecule has 0 fully saturated rings. The smallest absolute Gasteiger partial charge is 0.285 e. The summed E-state index contributed by atoms with van der Waals surface area (Å²) in [4.78, 5) is 18.2. The molecule has 0 aromatic rings. The highest BCUT2D eigenvalue weighted by Crippen LogP contribution is 2.12. The summed E-state index contributed by atoms with van der Waals surface area (Å²) in [6, 6.07) is -0.397. The Hall–Kier alpha value is -2.31. The van der Waals surface area contributed by atoms with Crippen molar-refractivity contribution in [2.24, 2.45) is 9.98 Å². The molecule has 1 rings (SSSR count). The Kier molecular flexibility index (Phi) is 6.15. The minimum absolute atomic E-state index is 0.00605. The predicted molar refractivity (Wildman–Crippen MR) is 71.3 cm³/mol. The number of carbonyl (C=O) groups excluding carboxylic acids is 1.